The van der Waals surface area contributed by atoms with Crippen LogP contribution in [0.2, 0.25) is 0 Å². The molecule has 1 unspecified atom stereocenters. The van der Waals surface area contributed by atoms with Gasteiger partial charge in [0, 0.05) is 0 Å². The number of aromatic hydroxyl groups is 1. The standard InChI is InChI=1S/C11H13FO4/c1-2-4-9(11(14)15)16-8-6-3-5-7(13)10(8)12/h3,5-6,9,13H,2,4H2,1H3,(H,14,15). The van der Waals surface area contributed by atoms with E-state index >= 15 is 0 Å². The molecule has 0 aliphatic carbocycles. The van der Waals surface area contributed by atoms with Gasteiger partial charge in [0.1, 0.15) is 0 Å². The van der Waals surface area contributed by atoms with E-state index in [1.54, 1.807) is 6.92 Å². The minimum absolute atomic E-state index is 0.249. The second-order valence-electron chi connectivity index (χ2n) is 3.32. The van der Waals surface area contributed by atoms with Crippen LogP contribution in [-0.4, -0.2) is 22.3 Å². The number of carbonyl (C=O) groups is 1. The topological polar surface area (TPSA) is 66.8 Å². The second-order valence-corrected chi connectivity index (χ2v) is 3.32. The van der Waals surface area contributed by atoms with Gasteiger partial charge in [-0.15, -0.1) is 0 Å². The first kappa shape index (κ1) is 12.3. The average molecular weight is 228 g/mol. The molecule has 0 bridgehead atoms. The van der Waals surface area contributed by atoms with Gasteiger partial charge in [0.2, 0.25) is 5.82 Å². The van der Waals surface area contributed by atoms with Crippen LogP contribution in [0.1, 0.15) is 19.8 Å². The summed E-state index contributed by atoms with van der Waals surface area (Å²) in [5.41, 5.74) is 0. The number of ether oxygens (including phenoxy) is 1. The number of phenols is 1. The zero-order valence-corrected chi connectivity index (χ0v) is 8.81. The first-order valence-corrected chi connectivity index (χ1v) is 4.93. The number of carboxylic acids is 1. The molecular weight excluding hydrogens is 215 g/mol. The lowest BCUT2D eigenvalue weighted by Crippen LogP contribution is -2.27. The summed E-state index contributed by atoms with van der Waals surface area (Å²) >= 11 is 0. The molecule has 0 radical (unpaired) electrons. The molecule has 0 fully saturated rings. The molecule has 0 saturated carbocycles. The van der Waals surface area contributed by atoms with E-state index in [-0.39, 0.29) is 12.2 Å². The largest absolute Gasteiger partial charge is 0.505 e. The fourth-order valence-electron chi connectivity index (χ4n) is 1.24. The number of phenolic OH excluding ortho intramolecular Hbond substituents is 1. The average Bonchev–Trinajstić information content (AvgIpc) is 2.23. The van der Waals surface area contributed by atoms with Gasteiger partial charge in [-0.1, -0.05) is 19.4 Å². The highest BCUT2D eigenvalue weighted by molar-refractivity contribution is 5.72. The fraction of sp³-hybridized carbons (Fsp3) is 0.364. The molecule has 16 heavy (non-hydrogen) atoms. The molecule has 0 amide bonds. The van der Waals surface area contributed by atoms with E-state index in [9.17, 15) is 9.18 Å². The molecule has 0 heterocycles. The van der Waals surface area contributed by atoms with Crippen LogP contribution < -0.4 is 4.74 Å². The monoisotopic (exact) mass is 228 g/mol. The van der Waals surface area contributed by atoms with Crippen LogP contribution in [0.15, 0.2) is 18.2 Å². The number of benzene rings is 1. The minimum Gasteiger partial charge on any atom is -0.505 e. The Morgan fingerprint density at radius 3 is 2.81 bits per heavy atom. The Morgan fingerprint density at radius 2 is 2.25 bits per heavy atom. The van der Waals surface area contributed by atoms with Crippen molar-refractivity contribution in [1.82, 2.24) is 0 Å². The summed E-state index contributed by atoms with van der Waals surface area (Å²) in [7, 11) is 0. The Morgan fingerprint density at radius 1 is 1.56 bits per heavy atom. The van der Waals surface area contributed by atoms with E-state index < -0.39 is 23.6 Å². The maximum atomic E-state index is 13.3. The van der Waals surface area contributed by atoms with Gasteiger partial charge in [0.15, 0.2) is 17.6 Å². The number of hydrogen-bond donors (Lipinski definition) is 2. The lowest BCUT2D eigenvalue weighted by Gasteiger charge is -2.14. The minimum atomic E-state index is -1.15. The maximum absolute atomic E-state index is 13.3. The van der Waals surface area contributed by atoms with Crippen LogP contribution in [-0.2, 0) is 4.79 Å². The van der Waals surface area contributed by atoms with Crippen molar-refractivity contribution in [3.05, 3.63) is 24.0 Å². The Hall–Kier alpha value is -1.78. The highest BCUT2D eigenvalue weighted by atomic mass is 19.1. The third-order valence-electron chi connectivity index (χ3n) is 2.04. The number of rotatable bonds is 5. The van der Waals surface area contributed by atoms with Crippen molar-refractivity contribution < 1.29 is 24.1 Å². The quantitative estimate of drug-likeness (QED) is 0.810. The maximum Gasteiger partial charge on any atom is 0.344 e. The number of halogens is 1. The predicted octanol–water partition coefficient (Wildman–Crippen LogP) is 2.16. The van der Waals surface area contributed by atoms with E-state index in [1.807, 2.05) is 0 Å². The Bertz CT molecular complexity index is 378. The number of aliphatic carboxylic acids is 1. The van der Waals surface area contributed by atoms with Crippen LogP contribution in [0, 0.1) is 5.82 Å². The summed E-state index contributed by atoms with van der Waals surface area (Å²) < 4.78 is 18.3. The lowest BCUT2D eigenvalue weighted by atomic mass is 10.2. The van der Waals surface area contributed by atoms with Crippen LogP contribution in [0.5, 0.6) is 11.5 Å². The van der Waals surface area contributed by atoms with Crippen molar-refractivity contribution in [3.63, 3.8) is 0 Å². The van der Waals surface area contributed by atoms with Gasteiger partial charge in [-0.2, -0.15) is 4.39 Å². The summed E-state index contributed by atoms with van der Waals surface area (Å²) in [6.07, 6.45) is -0.205. The Labute approximate surface area is 92.3 Å². The normalized spacial score (nSPS) is 12.1. The molecule has 1 atom stereocenters. The molecule has 2 N–H and O–H groups in total. The molecule has 0 spiro atoms. The summed E-state index contributed by atoms with van der Waals surface area (Å²) in [6, 6.07) is 3.83. The molecule has 88 valence electrons. The molecule has 1 aromatic rings. The van der Waals surface area contributed by atoms with Crippen molar-refractivity contribution >= 4 is 5.97 Å². The van der Waals surface area contributed by atoms with Crippen LogP contribution in [0.4, 0.5) is 4.39 Å². The van der Waals surface area contributed by atoms with Gasteiger partial charge in [-0.3, -0.25) is 0 Å². The highest BCUT2D eigenvalue weighted by Gasteiger charge is 2.20. The molecular formula is C11H13FO4. The van der Waals surface area contributed by atoms with Crippen LogP contribution in [0.25, 0.3) is 0 Å². The van der Waals surface area contributed by atoms with Crippen molar-refractivity contribution in [3.8, 4) is 11.5 Å². The van der Waals surface area contributed by atoms with E-state index in [0.717, 1.165) is 6.07 Å². The summed E-state index contributed by atoms with van der Waals surface area (Å²) in [4.78, 5) is 10.8. The van der Waals surface area contributed by atoms with Crippen molar-refractivity contribution in [2.45, 2.75) is 25.9 Å². The third-order valence-corrected chi connectivity index (χ3v) is 2.04. The molecule has 1 aromatic carbocycles. The number of carboxylic acid groups (broad SMARTS) is 1. The molecule has 0 saturated heterocycles. The van der Waals surface area contributed by atoms with E-state index in [0.29, 0.717) is 6.42 Å². The van der Waals surface area contributed by atoms with Crippen molar-refractivity contribution in [2.24, 2.45) is 0 Å². The first-order chi connectivity index (χ1) is 7.56. The van der Waals surface area contributed by atoms with Gasteiger partial charge in [-0.25, -0.2) is 4.79 Å². The highest BCUT2D eigenvalue weighted by Crippen LogP contribution is 2.26. The molecule has 0 aliphatic heterocycles. The second kappa shape index (κ2) is 5.34. The summed E-state index contributed by atoms with van der Waals surface area (Å²) in [6.45, 7) is 1.80. The van der Waals surface area contributed by atoms with Gasteiger partial charge in [-0.05, 0) is 18.6 Å². The SMILES string of the molecule is CCCC(Oc1cccc(O)c1F)C(=O)O. The zero-order valence-electron chi connectivity index (χ0n) is 8.81. The van der Waals surface area contributed by atoms with Crippen LogP contribution in [0.3, 0.4) is 0 Å². The molecule has 5 heteroatoms. The van der Waals surface area contributed by atoms with Gasteiger partial charge in [0.25, 0.3) is 0 Å². The molecule has 0 aromatic heterocycles. The fourth-order valence-corrected chi connectivity index (χ4v) is 1.24. The Kier molecular flexibility index (Phi) is 4.10. The summed E-state index contributed by atoms with van der Waals surface area (Å²) in [5.74, 6) is -2.89. The smallest absolute Gasteiger partial charge is 0.344 e. The zero-order chi connectivity index (χ0) is 12.1. The van der Waals surface area contributed by atoms with Crippen LogP contribution >= 0.6 is 0 Å². The van der Waals surface area contributed by atoms with E-state index in [4.69, 9.17) is 14.9 Å². The predicted molar refractivity (Wildman–Crippen MR) is 55.0 cm³/mol. The van der Waals surface area contributed by atoms with E-state index in [1.165, 1.54) is 12.1 Å². The van der Waals surface area contributed by atoms with Gasteiger partial charge < -0.3 is 14.9 Å². The lowest BCUT2D eigenvalue weighted by molar-refractivity contribution is -0.145. The first-order valence-electron chi connectivity index (χ1n) is 4.93. The summed E-state index contributed by atoms with van der Waals surface area (Å²) in [5, 5.41) is 17.9. The van der Waals surface area contributed by atoms with E-state index in [2.05, 4.69) is 0 Å². The Balaban J connectivity index is 2.85. The van der Waals surface area contributed by atoms with Crippen molar-refractivity contribution in [2.75, 3.05) is 0 Å². The van der Waals surface area contributed by atoms with Gasteiger partial charge in [0.05, 0.1) is 0 Å². The molecule has 1 rings (SSSR count). The molecule has 4 nitrogen and oxygen atoms in total. The van der Waals surface area contributed by atoms with Crippen molar-refractivity contribution in [1.29, 1.82) is 0 Å². The number of hydrogen-bond acceptors (Lipinski definition) is 3. The van der Waals surface area contributed by atoms with Gasteiger partial charge >= 0.3 is 5.97 Å². The third kappa shape index (κ3) is 2.85. The molecule has 0 aliphatic rings.